The summed E-state index contributed by atoms with van der Waals surface area (Å²) in [7, 11) is 0. The van der Waals surface area contributed by atoms with Crippen LogP contribution in [0.25, 0.3) is 10.9 Å². The zero-order valence-electron chi connectivity index (χ0n) is 11.3. The molecule has 1 heterocycles. The molecular weight excluding hydrogens is 263 g/mol. The lowest BCUT2D eigenvalue weighted by Crippen LogP contribution is -2.09. The molecule has 2 aromatic rings. The van der Waals surface area contributed by atoms with Crippen molar-refractivity contribution in [3.05, 3.63) is 35.5 Å². The van der Waals surface area contributed by atoms with Gasteiger partial charge in [0.2, 0.25) is 0 Å². The lowest BCUT2D eigenvalue weighted by molar-refractivity contribution is -0.136. The minimum atomic E-state index is -4.30. The van der Waals surface area contributed by atoms with Crippen molar-refractivity contribution in [2.24, 2.45) is 5.92 Å². The first-order valence-electron chi connectivity index (χ1n) is 7.22. The number of H-pyrrole nitrogens is 1. The molecule has 0 aliphatic heterocycles. The van der Waals surface area contributed by atoms with Crippen LogP contribution in [-0.2, 0) is 12.6 Å². The summed E-state index contributed by atoms with van der Waals surface area (Å²) in [6, 6.07) is 4.44. The van der Waals surface area contributed by atoms with E-state index in [4.69, 9.17) is 0 Å². The first-order chi connectivity index (χ1) is 9.55. The van der Waals surface area contributed by atoms with Crippen molar-refractivity contribution in [3.63, 3.8) is 0 Å². The quantitative estimate of drug-likeness (QED) is 0.767. The fraction of sp³-hybridized carbons (Fsp3) is 0.500. The molecule has 1 aliphatic rings. The summed E-state index contributed by atoms with van der Waals surface area (Å²) in [5.41, 5.74) is 0.689. The Bertz CT molecular complexity index is 591. The van der Waals surface area contributed by atoms with Gasteiger partial charge in [-0.15, -0.1) is 0 Å². The predicted octanol–water partition coefficient (Wildman–Crippen LogP) is 5.31. The number of rotatable bonds is 2. The summed E-state index contributed by atoms with van der Waals surface area (Å²) in [6.45, 7) is 0. The third-order valence-corrected chi connectivity index (χ3v) is 4.34. The number of alkyl halides is 3. The molecule has 0 saturated heterocycles. The summed E-state index contributed by atoms with van der Waals surface area (Å²) in [5.74, 6) is 0.622. The Morgan fingerprint density at radius 2 is 1.85 bits per heavy atom. The average molecular weight is 281 g/mol. The van der Waals surface area contributed by atoms with E-state index in [0.717, 1.165) is 23.4 Å². The second kappa shape index (κ2) is 5.15. The Labute approximate surface area is 116 Å². The van der Waals surface area contributed by atoms with Crippen LogP contribution in [0, 0.1) is 5.92 Å². The van der Waals surface area contributed by atoms with Gasteiger partial charge in [0.15, 0.2) is 0 Å². The van der Waals surface area contributed by atoms with E-state index in [-0.39, 0.29) is 5.52 Å². The van der Waals surface area contributed by atoms with Gasteiger partial charge in [0, 0.05) is 11.6 Å². The molecule has 1 aliphatic carbocycles. The maximum atomic E-state index is 13.0. The molecule has 108 valence electrons. The Morgan fingerprint density at radius 1 is 1.10 bits per heavy atom. The largest absolute Gasteiger partial charge is 0.418 e. The Kier molecular flexibility index (Phi) is 3.48. The molecule has 0 bridgehead atoms. The first-order valence-corrected chi connectivity index (χ1v) is 7.22. The van der Waals surface area contributed by atoms with E-state index in [0.29, 0.717) is 5.92 Å². The average Bonchev–Trinajstić information content (AvgIpc) is 2.82. The molecule has 0 spiro atoms. The van der Waals surface area contributed by atoms with Crippen LogP contribution in [0.15, 0.2) is 24.4 Å². The Morgan fingerprint density at radius 3 is 2.55 bits per heavy atom. The van der Waals surface area contributed by atoms with Gasteiger partial charge >= 0.3 is 6.18 Å². The third kappa shape index (κ3) is 2.56. The minimum Gasteiger partial charge on any atom is -0.360 e. The Balaban J connectivity index is 1.93. The van der Waals surface area contributed by atoms with E-state index in [9.17, 15) is 13.2 Å². The van der Waals surface area contributed by atoms with Crippen molar-refractivity contribution in [1.82, 2.24) is 4.98 Å². The summed E-state index contributed by atoms with van der Waals surface area (Å²) < 4.78 is 38.9. The zero-order chi connectivity index (χ0) is 14.2. The number of aromatic amines is 1. The van der Waals surface area contributed by atoms with Gasteiger partial charge in [-0.05, 0) is 24.0 Å². The van der Waals surface area contributed by atoms with Gasteiger partial charge in [0.1, 0.15) is 0 Å². The van der Waals surface area contributed by atoms with Crippen molar-refractivity contribution in [1.29, 1.82) is 0 Å². The summed E-state index contributed by atoms with van der Waals surface area (Å²) in [4.78, 5) is 2.83. The first kappa shape index (κ1) is 13.5. The van der Waals surface area contributed by atoms with Crippen LogP contribution in [0.3, 0.4) is 0 Å². The van der Waals surface area contributed by atoms with Crippen molar-refractivity contribution < 1.29 is 13.2 Å². The minimum absolute atomic E-state index is 0.228. The van der Waals surface area contributed by atoms with Crippen molar-refractivity contribution >= 4 is 10.9 Å². The fourth-order valence-corrected chi connectivity index (χ4v) is 3.32. The molecular formula is C16H18F3N. The van der Waals surface area contributed by atoms with Crippen molar-refractivity contribution in [2.45, 2.75) is 44.7 Å². The van der Waals surface area contributed by atoms with Crippen LogP contribution in [-0.4, -0.2) is 4.98 Å². The van der Waals surface area contributed by atoms with Crippen LogP contribution in [0.4, 0.5) is 13.2 Å². The van der Waals surface area contributed by atoms with Crippen LogP contribution in [0.5, 0.6) is 0 Å². The second-order valence-electron chi connectivity index (χ2n) is 5.75. The Hall–Kier alpha value is -1.45. The molecule has 1 nitrogen and oxygen atoms in total. The molecule has 1 fully saturated rings. The van der Waals surface area contributed by atoms with Gasteiger partial charge in [-0.25, -0.2) is 0 Å². The number of nitrogens with one attached hydrogen (secondary N) is 1. The molecule has 0 unspecified atom stereocenters. The standard InChI is InChI=1S/C16H18F3N/c17-16(18,19)14-8-4-7-13-12(10-20-15(13)14)9-11-5-2-1-3-6-11/h4,7-8,10-11,20H,1-3,5-6,9H2. The molecule has 1 aromatic heterocycles. The second-order valence-corrected chi connectivity index (χ2v) is 5.75. The highest BCUT2D eigenvalue weighted by Crippen LogP contribution is 2.36. The van der Waals surface area contributed by atoms with Gasteiger partial charge in [-0.1, -0.05) is 44.2 Å². The molecule has 4 heteroatoms. The maximum Gasteiger partial charge on any atom is 0.418 e. The van der Waals surface area contributed by atoms with E-state index in [1.807, 2.05) is 0 Å². The lowest BCUT2D eigenvalue weighted by atomic mass is 9.85. The monoisotopic (exact) mass is 281 g/mol. The third-order valence-electron chi connectivity index (χ3n) is 4.34. The van der Waals surface area contributed by atoms with Gasteiger partial charge in [0.05, 0.1) is 11.1 Å². The molecule has 1 N–H and O–H groups in total. The number of halogens is 3. The molecule has 3 rings (SSSR count). The van der Waals surface area contributed by atoms with Crippen molar-refractivity contribution in [3.8, 4) is 0 Å². The van der Waals surface area contributed by atoms with Gasteiger partial charge in [-0.2, -0.15) is 13.2 Å². The van der Waals surface area contributed by atoms with Crippen molar-refractivity contribution in [2.75, 3.05) is 0 Å². The van der Waals surface area contributed by atoms with E-state index in [2.05, 4.69) is 4.98 Å². The van der Waals surface area contributed by atoms with Gasteiger partial charge < -0.3 is 4.98 Å². The van der Waals surface area contributed by atoms with E-state index in [1.165, 1.54) is 38.2 Å². The molecule has 0 atom stereocenters. The van der Waals surface area contributed by atoms with Crippen LogP contribution < -0.4 is 0 Å². The summed E-state index contributed by atoms with van der Waals surface area (Å²) in [5, 5.41) is 0.727. The molecule has 20 heavy (non-hydrogen) atoms. The molecule has 0 radical (unpaired) electrons. The normalized spacial score (nSPS) is 17.8. The highest BCUT2D eigenvalue weighted by molar-refractivity contribution is 5.86. The highest BCUT2D eigenvalue weighted by Gasteiger charge is 2.33. The molecule has 1 saturated carbocycles. The number of benzene rings is 1. The smallest absolute Gasteiger partial charge is 0.360 e. The maximum absolute atomic E-state index is 13.0. The van der Waals surface area contributed by atoms with E-state index < -0.39 is 11.7 Å². The van der Waals surface area contributed by atoms with Crippen LogP contribution in [0.2, 0.25) is 0 Å². The molecule has 1 aromatic carbocycles. The van der Waals surface area contributed by atoms with Gasteiger partial charge in [0.25, 0.3) is 0 Å². The SMILES string of the molecule is FC(F)(F)c1cccc2c(CC3CCCCC3)c[nH]c12. The van der Waals surface area contributed by atoms with Gasteiger partial charge in [-0.3, -0.25) is 0 Å². The summed E-state index contributed by atoms with van der Waals surface area (Å²) in [6.07, 6.45) is 4.55. The zero-order valence-corrected chi connectivity index (χ0v) is 11.3. The fourth-order valence-electron chi connectivity index (χ4n) is 3.32. The molecule has 0 amide bonds. The number of aromatic nitrogens is 1. The van der Waals surface area contributed by atoms with Crippen LogP contribution >= 0.6 is 0 Å². The predicted molar refractivity (Wildman–Crippen MR) is 73.6 cm³/mol. The number of para-hydroxylation sites is 1. The number of fused-ring (bicyclic) bond motifs is 1. The van der Waals surface area contributed by atoms with E-state index in [1.54, 1.807) is 12.3 Å². The van der Waals surface area contributed by atoms with E-state index >= 15 is 0 Å². The number of hydrogen-bond acceptors (Lipinski definition) is 0. The number of hydrogen-bond donors (Lipinski definition) is 1. The topological polar surface area (TPSA) is 15.8 Å². The van der Waals surface area contributed by atoms with Crippen LogP contribution in [0.1, 0.15) is 43.2 Å². The lowest BCUT2D eigenvalue weighted by Gasteiger charge is -2.21. The highest BCUT2D eigenvalue weighted by atomic mass is 19.4. The summed E-state index contributed by atoms with van der Waals surface area (Å²) >= 11 is 0.